The van der Waals surface area contributed by atoms with Crippen molar-refractivity contribution in [3.05, 3.63) is 0 Å². The van der Waals surface area contributed by atoms with Gasteiger partial charge in [0.15, 0.2) is 0 Å². The summed E-state index contributed by atoms with van der Waals surface area (Å²) in [7, 11) is 0. The van der Waals surface area contributed by atoms with Crippen LogP contribution in [0.2, 0.25) is 0 Å². The summed E-state index contributed by atoms with van der Waals surface area (Å²) < 4.78 is 5.86. The van der Waals surface area contributed by atoms with Crippen LogP contribution >= 0.6 is 0 Å². The van der Waals surface area contributed by atoms with Crippen LogP contribution in [0.25, 0.3) is 0 Å². The molecule has 0 heterocycles. The number of hydrogen-bond acceptors (Lipinski definition) is 3. The van der Waals surface area contributed by atoms with E-state index in [9.17, 15) is 9.59 Å². The van der Waals surface area contributed by atoms with Gasteiger partial charge in [-0.3, -0.25) is 9.59 Å². The first kappa shape index (κ1) is 36.9. The quantitative estimate of drug-likeness (QED) is 0.0704. The summed E-state index contributed by atoms with van der Waals surface area (Å²) in [4.78, 5) is 23.3. The number of carbonyl (C=O) groups excluding carboxylic acids is 1. The Hall–Kier alpha value is -1.06. The second kappa shape index (κ2) is 30.5. The zero-order valence-electron chi connectivity index (χ0n) is 25.8. The molecule has 0 saturated heterocycles. The number of carboxylic acids is 1. The van der Waals surface area contributed by atoms with Gasteiger partial charge in [0.1, 0.15) is 6.10 Å². The molecule has 1 atom stereocenters. The lowest BCUT2D eigenvalue weighted by atomic mass is 10.0. The molecule has 0 aliphatic rings. The van der Waals surface area contributed by atoms with E-state index in [2.05, 4.69) is 13.8 Å². The van der Waals surface area contributed by atoms with Crippen LogP contribution in [0.15, 0.2) is 0 Å². The van der Waals surface area contributed by atoms with Crippen LogP contribution in [0.5, 0.6) is 0 Å². The van der Waals surface area contributed by atoms with Gasteiger partial charge in [0.25, 0.3) is 0 Å². The standard InChI is InChI=1S/C34H66O4/c1-3-5-7-9-11-13-15-17-18-20-22-24-28-32(29-26-27-30-33(35)36)38-34(37)31-25-23-21-19-16-14-12-10-8-6-4-2/h32H,3-31H2,1-2H3,(H,35,36). The van der Waals surface area contributed by atoms with Gasteiger partial charge < -0.3 is 9.84 Å². The minimum Gasteiger partial charge on any atom is -0.481 e. The molecule has 0 radical (unpaired) electrons. The third-order valence-corrected chi connectivity index (χ3v) is 7.83. The first-order valence-corrected chi connectivity index (χ1v) is 17.0. The SMILES string of the molecule is CCCCCCCCCCCCCCC(CCCCC(=O)O)OC(=O)CCCCCCCCCCCCC. The van der Waals surface area contributed by atoms with Crippen LogP contribution in [-0.2, 0) is 14.3 Å². The maximum absolute atomic E-state index is 12.5. The van der Waals surface area contributed by atoms with Gasteiger partial charge in [-0.05, 0) is 38.5 Å². The van der Waals surface area contributed by atoms with Crippen LogP contribution in [0.1, 0.15) is 200 Å². The second-order valence-corrected chi connectivity index (χ2v) is 11.7. The Morgan fingerprint density at radius 1 is 0.474 bits per heavy atom. The molecule has 1 N–H and O–H groups in total. The van der Waals surface area contributed by atoms with Crippen LogP contribution in [0, 0.1) is 0 Å². The number of ether oxygens (including phenoxy) is 1. The van der Waals surface area contributed by atoms with Gasteiger partial charge in [-0.15, -0.1) is 0 Å². The average Bonchev–Trinajstić information content (AvgIpc) is 2.90. The normalized spacial score (nSPS) is 12.1. The Morgan fingerprint density at radius 3 is 1.18 bits per heavy atom. The Kier molecular flexibility index (Phi) is 29.6. The Balaban J connectivity index is 3.90. The van der Waals surface area contributed by atoms with Crippen LogP contribution in [-0.4, -0.2) is 23.1 Å². The zero-order chi connectivity index (χ0) is 27.9. The molecular weight excluding hydrogens is 472 g/mol. The molecule has 0 aromatic rings. The molecule has 0 aliphatic heterocycles. The highest BCUT2D eigenvalue weighted by Gasteiger charge is 2.14. The molecule has 0 bridgehead atoms. The van der Waals surface area contributed by atoms with Crippen molar-refractivity contribution in [3.8, 4) is 0 Å². The van der Waals surface area contributed by atoms with Crippen molar-refractivity contribution in [1.29, 1.82) is 0 Å². The Bertz CT molecular complexity index is 505. The lowest BCUT2D eigenvalue weighted by molar-refractivity contribution is -0.150. The number of rotatable bonds is 31. The Labute approximate surface area is 237 Å². The van der Waals surface area contributed by atoms with Gasteiger partial charge in [0.2, 0.25) is 0 Å². The highest BCUT2D eigenvalue weighted by atomic mass is 16.5. The van der Waals surface area contributed by atoms with Gasteiger partial charge in [0, 0.05) is 12.8 Å². The molecular formula is C34H66O4. The molecule has 4 nitrogen and oxygen atoms in total. The van der Waals surface area contributed by atoms with Gasteiger partial charge >= 0.3 is 11.9 Å². The van der Waals surface area contributed by atoms with Gasteiger partial charge in [0.05, 0.1) is 0 Å². The summed E-state index contributed by atoms with van der Waals surface area (Å²) in [6.45, 7) is 4.53. The van der Waals surface area contributed by atoms with Gasteiger partial charge in [-0.1, -0.05) is 149 Å². The molecule has 0 aliphatic carbocycles. The maximum Gasteiger partial charge on any atom is 0.306 e. The van der Waals surface area contributed by atoms with Crippen molar-refractivity contribution in [2.24, 2.45) is 0 Å². The van der Waals surface area contributed by atoms with E-state index in [0.717, 1.165) is 38.5 Å². The first-order chi connectivity index (χ1) is 18.6. The van der Waals surface area contributed by atoms with Crippen LogP contribution in [0.4, 0.5) is 0 Å². The fourth-order valence-corrected chi connectivity index (χ4v) is 5.30. The zero-order valence-corrected chi connectivity index (χ0v) is 25.8. The average molecular weight is 539 g/mol. The van der Waals surface area contributed by atoms with E-state index in [-0.39, 0.29) is 18.5 Å². The van der Waals surface area contributed by atoms with E-state index < -0.39 is 5.97 Å². The van der Waals surface area contributed by atoms with E-state index in [1.165, 1.54) is 128 Å². The number of unbranched alkanes of at least 4 members (excludes halogenated alkanes) is 22. The molecule has 4 heteroatoms. The lowest BCUT2D eigenvalue weighted by Crippen LogP contribution is -2.18. The summed E-state index contributed by atoms with van der Waals surface area (Å²) in [5.74, 6) is -0.793. The van der Waals surface area contributed by atoms with E-state index in [0.29, 0.717) is 12.8 Å². The number of carbonyl (C=O) groups is 2. The smallest absolute Gasteiger partial charge is 0.306 e. The predicted octanol–water partition coefficient (Wildman–Crippen LogP) is 11.3. The van der Waals surface area contributed by atoms with E-state index in [4.69, 9.17) is 9.84 Å². The molecule has 1 unspecified atom stereocenters. The van der Waals surface area contributed by atoms with E-state index in [1.807, 2.05) is 0 Å². The van der Waals surface area contributed by atoms with Gasteiger partial charge in [-0.25, -0.2) is 0 Å². The molecule has 0 fully saturated rings. The lowest BCUT2D eigenvalue weighted by Gasteiger charge is -2.18. The molecule has 226 valence electrons. The fourth-order valence-electron chi connectivity index (χ4n) is 5.30. The van der Waals surface area contributed by atoms with Crippen molar-refractivity contribution in [3.63, 3.8) is 0 Å². The third kappa shape index (κ3) is 29.5. The summed E-state index contributed by atoms with van der Waals surface area (Å²) in [6, 6.07) is 0. The van der Waals surface area contributed by atoms with Crippen molar-refractivity contribution in [2.45, 2.75) is 206 Å². The topological polar surface area (TPSA) is 63.6 Å². The second-order valence-electron chi connectivity index (χ2n) is 11.7. The van der Waals surface area contributed by atoms with Crippen molar-refractivity contribution in [2.75, 3.05) is 0 Å². The largest absolute Gasteiger partial charge is 0.481 e. The highest BCUT2D eigenvalue weighted by molar-refractivity contribution is 5.69. The monoisotopic (exact) mass is 538 g/mol. The molecule has 0 saturated carbocycles. The van der Waals surface area contributed by atoms with Crippen molar-refractivity contribution < 1.29 is 19.4 Å². The van der Waals surface area contributed by atoms with E-state index in [1.54, 1.807) is 0 Å². The third-order valence-electron chi connectivity index (χ3n) is 7.83. The minimum atomic E-state index is -0.740. The summed E-state index contributed by atoms with van der Waals surface area (Å²) in [6.07, 6.45) is 33.9. The van der Waals surface area contributed by atoms with Crippen LogP contribution in [0.3, 0.4) is 0 Å². The van der Waals surface area contributed by atoms with Crippen molar-refractivity contribution in [1.82, 2.24) is 0 Å². The number of aliphatic carboxylic acids is 1. The highest BCUT2D eigenvalue weighted by Crippen LogP contribution is 2.18. The molecule has 0 aromatic heterocycles. The molecule has 0 spiro atoms. The summed E-state index contributed by atoms with van der Waals surface area (Å²) in [5, 5.41) is 8.90. The summed E-state index contributed by atoms with van der Waals surface area (Å²) >= 11 is 0. The number of carboxylic acid groups (broad SMARTS) is 1. The molecule has 0 amide bonds. The molecule has 0 aromatic carbocycles. The number of hydrogen-bond donors (Lipinski definition) is 1. The molecule has 0 rings (SSSR count). The minimum absolute atomic E-state index is 0.0351. The van der Waals surface area contributed by atoms with Crippen molar-refractivity contribution >= 4 is 11.9 Å². The first-order valence-electron chi connectivity index (χ1n) is 17.0. The predicted molar refractivity (Wildman–Crippen MR) is 163 cm³/mol. The van der Waals surface area contributed by atoms with Crippen LogP contribution < -0.4 is 0 Å². The van der Waals surface area contributed by atoms with E-state index >= 15 is 0 Å². The molecule has 38 heavy (non-hydrogen) atoms. The van der Waals surface area contributed by atoms with Gasteiger partial charge in [-0.2, -0.15) is 0 Å². The number of esters is 1. The maximum atomic E-state index is 12.5. The fraction of sp³-hybridized carbons (Fsp3) is 0.941. The Morgan fingerprint density at radius 2 is 0.789 bits per heavy atom. The summed E-state index contributed by atoms with van der Waals surface area (Å²) in [5.41, 5.74) is 0.